The van der Waals surface area contributed by atoms with E-state index in [0.717, 1.165) is 43.4 Å². The summed E-state index contributed by atoms with van der Waals surface area (Å²) in [6.07, 6.45) is -4.88. The Labute approximate surface area is 212 Å². The van der Waals surface area contributed by atoms with E-state index in [2.05, 4.69) is 9.97 Å². The minimum absolute atomic E-state index is 0.135. The molecular formula is C24H22F4N2O2S3. The molecule has 0 atom stereocenters. The average molecular weight is 543 g/mol. The molecular weight excluding hydrogens is 520 g/mol. The molecule has 2 heterocycles. The fourth-order valence-corrected chi connectivity index (χ4v) is 6.67. The van der Waals surface area contributed by atoms with Crippen molar-refractivity contribution in [3.8, 4) is 10.6 Å². The molecule has 0 unspecified atom stereocenters. The van der Waals surface area contributed by atoms with Gasteiger partial charge in [-0.2, -0.15) is 13.2 Å². The van der Waals surface area contributed by atoms with Gasteiger partial charge in [0.1, 0.15) is 15.8 Å². The van der Waals surface area contributed by atoms with Gasteiger partial charge in [-0.1, -0.05) is 19.9 Å². The van der Waals surface area contributed by atoms with Crippen molar-refractivity contribution in [1.29, 1.82) is 0 Å². The summed E-state index contributed by atoms with van der Waals surface area (Å²) in [4.78, 5) is 21.8. The molecule has 0 spiro atoms. The molecule has 0 radical (unpaired) electrons. The van der Waals surface area contributed by atoms with Crippen LogP contribution in [-0.4, -0.2) is 21.0 Å². The Balaban J connectivity index is 0.00000167. The number of rotatable bonds is 6. The maximum absolute atomic E-state index is 14.0. The highest BCUT2D eigenvalue weighted by Crippen LogP contribution is 2.38. The van der Waals surface area contributed by atoms with Crippen molar-refractivity contribution in [2.24, 2.45) is 0 Å². The van der Waals surface area contributed by atoms with Crippen LogP contribution in [0.1, 0.15) is 40.6 Å². The second-order valence-corrected chi connectivity index (χ2v) is 10.5. The number of aryl methyl sites for hydroxylation is 2. The minimum atomic E-state index is -4.75. The van der Waals surface area contributed by atoms with Gasteiger partial charge in [-0.05, 0) is 43.7 Å². The quantitative estimate of drug-likeness (QED) is 0.197. The molecule has 186 valence electrons. The van der Waals surface area contributed by atoms with Crippen molar-refractivity contribution >= 4 is 50.6 Å². The monoisotopic (exact) mass is 542 g/mol. The smallest absolute Gasteiger partial charge is 0.419 e. The van der Waals surface area contributed by atoms with E-state index in [1.807, 2.05) is 32.9 Å². The second-order valence-electron chi connectivity index (χ2n) is 7.30. The number of nitrogens with zero attached hydrogens (tertiary/aromatic N) is 2. The molecule has 2 aromatic heterocycles. The van der Waals surface area contributed by atoms with Crippen LogP contribution in [0, 0.1) is 19.7 Å². The number of halogens is 4. The zero-order valence-corrected chi connectivity index (χ0v) is 21.7. The van der Waals surface area contributed by atoms with Gasteiger partial charge >= 0.3 is 12.1 Å². The molecule has 0 aliphatic rings. The van der Waals surface area contributed by atoms with E-state index in [9.17, 15) is 22.4 Å². The first-order chi connectivity index (χ1) is 16.5. The summed E-state index contributed by atoms with van der Waals surface area (Å²) >= 11 is 4.18. The zero-order valence-electron chi connectivity index (χ0n) is 19.3. The van der Waals surface area contributed by atoms with Gasteiger partial charge in [0.2, 0.25) is 0 Å². The fourth-order valence-electron chi connectivity index (χ4n) is 3.20. The van der Waals surface area contributed by atoms with Gasteiger partial charge in [0, 0.05) is 21.1 Å². The Hall–Kier alpha value is -2.50. The molecule has 4 nitrogen and oxygen atoms in total. The number of aliphatic carboxylic acids is 1. The number of hydrogen-bond acceptors (Lipinski definition) is 6. The summed E-state index contributed by atoms with van der Waals surface area (Å²) in [6.45, 7) is 7.76. The van der Waals surface area contributed by atoms with Crippen LogP contribution in [-0.2, 0) is 23.1 Å². The summed E-state index contributed by atoms with van der Waals surface area (Å²) in [7, 11) is 0. The molecule has 35 heavy (non-hydrogen) atoms. The molecule has 1 N–H and O–H groups in total. The third-order valence-electron chi connectivity index (χ3n) is 4.72. The molecule has 0 saturated heterocycles. The Morgan fingerprint density at radius 1 is 1.09 bits per heavy atom. The van der Waals surface area contributed by atoms with Gasteiger partial charge in [0.25, 0.3) is 0 Å². The van der Waals surface area contributed by atoms with Gasteiger partial charge in [-0.3, -0.25) is 4.79 Å². The lowest BCUT2D eigenvalue weighted by atomic mass is 10.1. The Morgan fingerprint density at radius 2 is 1.80 bits per heavy atom. The molecule has 0 bridgehead atoms. The van der Waals surface area contributed by atoms with E-state index in [4.69, 9.17) is 5.11 Å². The fraction of sp³-hybridized carbons (Fsp3) is 0.292. The van der Waals surface area contributed by atoms with Crippen LogP contribution in [0.25, 0.3) is 20.8 Å². The van der Waals surface area contributed by atoms with E-state index < -0.39 is 23.5 Å². The molecule has 11 heteroatoms. The van der Waals surface area contributed by atoms with Gasteiger partial charge in [-0.25, -0.2) is 14.4 Å². The lowest BCUT2D eigenvalue weighted by Gasteiger charge is -2.08. The predicted octanol–water partition coefficient (Wildman–Crippen LogP) is 8.14. The Bertz CT molecular complexity index is 1360. The summed E-state index contributed by atoms with van der Waals surface area (Å²) in [5, 5.41) is 10.0. The second kappa shape index (κ2) is 11.0. The Kier molecular flexibility index (Phi) is 8.55. The van der Waals surface area contributed by atoms with Gasteiger partial charge in [0.15, 0.2) is 0 Å². The first-order valence-electron chi connectivity index (χ1n) is 10.6. The topological polar surface area (TPSA) is 63.1 Å². The van der Waals surface area contributed by atoms with Gasteiger partial charge in [0.05, 0.1) is 27.9 Å². The molecule has 0 aliphatic carbocycles. The van der Waals surface area contributed by atoms with Crippen LogP contribution in [0.3, 0.4) is 0 Å². The van der Waals surface area contributed by atoms with Crippen molar-refractivity contribution in [2.75, 3.05) is 0 Å². The van der Waals surface area contributed by atoms with Crippen LogP contribution in [0.5, 0.6) is 0 Å². The lowest BCUT2D eigenvalue weighted by molar-refractivity contribution is -0.140. The first kappa shape index (κ1) is 27.1. The summed E-state index contributed by atoms with van der Waals surface area (Å²) in [5.74, 6) is -1.73. The third kappa shape index (κ3) is 6.39. The maximum Gasteiger partial charge on any atom is 0.419 e. The average Bonchev–Trinajstić information content (AvgIpc) is 3.34. The number of carbonyl (C=O) groups is 1. The normalized spacial score (nSPS) is 11.4. The summed E-state index contributed by atoms with van der Waals surface area (Å²) in [6, 6.07) is 6.78. The van der Waals surface area contributed by atoms with E-state index >= 15 is 0 Å². The number of hydrogen-bond donors (Lipinski definition) is 1. The molecule has 0 aliphatic heterocycles. The number of alkyl halides is 3. The minimum Gasteiger partial charge on any atom is -0.481 e. The van der Waals surface area contributed by atoms with Crippen LogP contribution in [0.15, 0.2) is 35.2 Å². The highest BCUT2D eigenvalue weighted by molar-refractivity contribution is 7.98. The van der Waals surface area contributed by atoms with Crippen molar-refractivity contribution in [3.63, 3.8) is 0 Å². The molecule has 2 aromatic carbocycles. The van der Waals surface area contributed by atoms with Crippen LogP contribution >= 0.6 is 34.4 Å². The summed E-state index contributed by atoms with van der Waals surface area (Å²) in [5.41, 5.74) is 1.48. The van der Waals surface area contributed by atoms with E-state index in [1.54, 1.807) is 6.92 Å². The van der Waals surface area contributed by atoms with Crippen molar-refractivity contribution in [3.05, 3.63) is 62.9 Å². The first-order valence-corrected chi connectivity index (χ1v) is 13.2. The molecule has 4 rings (SSSR count). The number of carboxylic acid groups (broad SMARTS) is 1. The highest BCUT2D eigenvalue weighted by Gasteiger charge is 2.34. The zero-order chi connectivity index (χ0) is 25.9. The lowest BCUT2D eigenvalue weighted by Crippen LogP contribution is -2.07. The highest BCUT2D eigenvalue weighted by atomic mass is 32.2. The molecule has 0 fully saturated rings. The number of thioether (sulfide) groups is 1. The van der Waals surface area contributed by atoms with Crippen molar-refractivity contribution in [1.82, 2.24) is 9.97 Å². The molecule has 0 saturated carbocycles. The van der Waals surface area contributed by atoms with E-state index in [0.29, 0.717) is 21.3 Å². The molecule has 0 amide bonds. The SMILES string of the molecule is CC.Cc1cc(SCc2sc(-c3ccc(C(F)(F)F)c(F)c3)nc2C)c2nc(CC(=O)O)sc2c1. The molecule has 4 aromatic rings. The van der Waals surface area contributed by atoms with Crippen molar-refractivity contribution < 1.29 is 27.5 Å². The largest absolute Gasteiger partial charge is 0.481 e. The van der Waals surface area contributed by atoms with E-state index in [-0.39, 0.29) is 6.42 Å². The Morgan fingerprint density at radius 3 is 2.43 bits per heavy atom. The van der Waals surface area contributed by atoms with E-state index in [1.165, 1.54) is 40.5 Å². The maximum atomic E-state index is 14.0. The van der Waals surface area contributed by atoms with Gasteiger partial charge < -0.3 is 5.11 Å². The number of aromatic nitrogens is 2. The predicted molar refractivity (Wildman–Crippen MR) is 134 cm³/mol. The van der Waals surface area contributed by atoms with Gasteiger partial charge in [-0.15, -0.1) is 34.4 Å². The number of benzene rings is 2. The third-order valence-corrected chi connectivity index (χ3v) is 8.17. The summed E-state index contributed by atoms with van der Waals surface area (Å²) < 4.78 is 53.4. The number of carboxylic acids is 1. The number of thiazole rings is 2. The number of fused-ring (bicyclic) bond motifs is 1. The van der Waals surface area contributed by atoms with Crippen molar-refractivity contribution in [2.45, 2.75) is 50.9 Å². The standard InChI is InChI=1S/C22H16F4N2O2S3.C2H6/c1-10-5-15(20-16(6-10)32-18(28-20)8-19(29)30)31-9-17-11(2)27-21(33-17)12-3-4-13(14(23)7-12)22(24,25)26;1-2/h3-7H,8-9H2,1-2H3,(H,29,30);1-2H3. The van der Waals surface area contributed by atoms with Crippen LogP contribution in [0.4, 0.5) is 17.6 Å². The van der Waals surface area contributed by atoms with Crippen LogP contribution < -0.4 is 0 Å². The van der Waals surface area contributed by atoms with Crippen LogP contribution in [0.2, 0.25) is 0 Å².